The largest absolute Gasteiger partial charge is 0.383 e. The molecule has 0 aliphatic carbocycles. The Bertz CT molecular complexity index is 1830. The number of nitrogens with one attached hydrogen (secondary N) is 1. The van der Waals surface area contributed by atoms with E-state index in [0.29, 0.717) is 35.3 Å². The first kappa shape index (κ1) is 31.5. The Kier molecular flexibility index (Phi) is 8.86. The number of nitrogens with zero attached hydrogens (tertiary/aromatic N) is 6. The van der Waals surface area contributed by atoms with E-state index in [9.17, 15) is 19.1 Å². The molecule has 4 aromatic heterocycles. The molecule has 0 amide bonds. The second kappa shape index (κ2) is 12.4. The minimum absolute atomic E-state index is 0.0278. The van der Waals surface area contributed by atoms with E-state index in [1.54, 1.807) is 21.4 Å². The smallest absolute Gasteiger partial charge is 0.383 e. The summed E-state index contributed by atoms with van der Waals surface area (Å²) in [6.45, 7) is -7.90. The summed E-state index contributed by atoms with van der Waals surface area (Å²) in [6, 6.07) is 1.74. The third-order valence-corrected chi connectivity index (χ3v) is 9.66. The van der Waals surface area contributed by atoms with Crippen LogP contribution in [-0.4, -0.2) is 81.7 Å². The molecule has 0 spiro atoms. The van der Waals surface area contributed by atoms with Gasteiger partial charge in [0.2, 0.25) is 12.4 Å². The van der Waals surface area contributed by atoms with Crippen LogP contribution in [0.1, 0.15) is 31.7 Å². The van der Waals surface area contributed by atoms with Crippen LogP contribution in [0.3, 0.4) is 0 Å². The molecule has 0 bridgehead atoms. The van der Waals surface area contributed by atoms with Crippen LogP contribution in [0.4, 0.5) is 11.8 Å². The molecule has 0 radical (unpaired) electrons. The standard InChI is InChI=1S/C22H29N9O9P2S2/c23-18-12-3-4-30(19(12)26-8-25-18)16-5-13(14(39-16)7-37-42(34,35)44)40-41(33,43)10-36-6-11-1-2-15(38-11)31-9-27-17-20(31)28-22(24)29-21(17)32/h3-4,8-9,11,13-16H,1-2,5-7,10H2,(H,33,43)(H2,23,25,26)(H2,34,35,44)(H3,24,28,29,32)/t11-,13-,14?,15+,16+,41?/m0/s1. The molecule has 6 heterocycles. The fraction of sp³-hybridized carbons (Fsp3) is 0.500. The number of H-pyrrole nitrogens is 1. The Hall–Kier alpha value is -2.48. The number of aromatic amines is 1. The van der Waals surface area contributed by atoms with Crippen molar-refractivity contribution in [1.29, 1.82) is 0 Å². The zero-order valence-corrected chi connectivity index (χ0v) is 26.3. The Morgan fingerprint density at radius 2 is 1.95 bits per heavy atom. The first-order valence-electron chi connectivity index (χ1n) is 13.3. The van der Waals surface area contributed by atoms with Crippen LogP contribution in [-0.2, 0) is 39.6 Å². The molecule has 3 unspecified atom stereocenters. The van der Waals surface area contributed by atoms with Crippen molar-refractivity contribution in [2.75, 3.05) is 31.0 Å². The van der Waals surface area contributed by atoms with Crippen molar-refractivity contribution < 1.29 is 37.6 Å². The number of aromatic nitrogens is 7. The van der Waals surface area contributed by atoms with Crippen LogP contribution in [0.5, 0.6) is 0 Å². The van der Waals surface area contributed by atoms with Gasteiger partial charge in [0.1, 0.15) is 42.7 Å². The lowest BCUT2D eigenvalue weighted by Gasteiger charge is -2.24. The summed E-state index contributed by atoms with van der Waals surface area (Å²) in [4.78, 5) is 51.6. The lowest BCUT2D eigenvalue weighted by molar-refractivity contribution is -0.0396. The second-order valence-electron chi connectivity index (χ2n) is 10.2. The number of hydrogen-bond donors (Lipinski definition) is 6. The van der Waals surface area contributed by atoms with Gasteiger partial charge < -0.3 is 44.6 Å². The van der Waals surface area contributed by atoms with Crippen molar-refractivity contribution in [1.82, 2.24) is 34.1 Å². The van der Waals surface area contributed by atoms with Crippen LogP contribution in [0.25, 0.3) is 22.2 Å². The summed E-state index contributed by atoms with van der Waals surface area (Å²) in [5.41, 5.74) is 12.2. The normalized spacial score (nSPS) is 26.8. The summed E-state index contributed by atoms with van der Waals surface area (Å²) >= 11 is 8.94. The average Bonchev–Trinajstić information content (AvgIpc) is 3.72. The quantitative estimate of drug-likeness (QED) is 0.0962. The van der Waals surface area contributed by atoms with Gasteiger partial charge in [0, 0.05) is 12.6 Å². The van der Waals surface area contributed by atoms with Gasteiger partial charge >= 0.3 is 6.80 Å². The molecule has 0 saturated carbocycles. The molecule has 18 nitrogen and oxygen atoms in total. The van der Waals surface area contributed by atoms with Crippen LogP contribution < -0.4 is 17.0 Å². The zero-order chi connectivity index (χ0) is 31.2. The van der Waals surface area contributed by atoms with E-state index in [-0.39, 0.29) is 43.6 Å². The number of thiol groups is 1. The van der Waals surface area contributed by atoms with Crippen LogP contribution >= 0.6 is 25.5 Å². The van der Waals surface area contributed by atoms with Gasteiger partial charge in [-0.15, -0.1) is 0 Å². The van der Waals surface area contributed by atoms with E-state index in [1.807, 2.05) is 0 Å². The van der Waals surface area contributed by atoms with Gasteiger partial charge in [-0.25, -0.2) is 19.5 Å². The van der Waals surface area contributed by atoms with E-state index < -0.39 is 43.5 Å². The van der Waals surface area contributed by atoms with Crippen molar-refractivity contribution in [3.63, 3.8) is 0 Å². The second-order valence-corrected chi connectivity index (χ2v) is 16.4. The van der Waals surface area contributed by atoms with Gasteiger partial charge in [-0.2, -0.15) is 4.98 Å². The molecule has 2 aliphatic rings. The zero-order valence-electron chi connectivity index (χ0n) is 22.8. The summed E-state index contributed by atoms with van der Waals surface area (Å²) in [5, 5.41) is 0.621. The third kappa shape index (κ3) is 6.85. The van der Waals surface area contributed by atoms with Gasteiger partial charge in [-0.1, -0.05) is 12.2 Å². The molecule has 2 saturated heterocycles. The number of hydrogen-bond acceptors (Lipinski definition) is 14. The van der Waals surface area contributed by atoms with E-state index in [0.717, 1.165) is 0 Å². The van der Waals surface area contributed by atoms with Crippen LogP contribution in [0.2, 0.25) is 0 Å². The van der Waals surface area contributed by atoms with Crippen molar-refractivity contribution in [3.05, 3.63) is 35.3 Å². The summed E-state index contributed by atoms with van der Waals surface area (Å²) in [5.74, 6) is 0.270. The first-order chi connectivity index (χ1) is 20.9. The van der Waals surface area contributed by atoms with Crippen molar-refractivity contribution >= 4 is 71.3 Å². The Balaban J connectivity index is 1.07. The topological polar surface area (TPSA) is 250 Å². The highest BCUT2D eigenvalue weighted by Crippen LogP contribution is 2.50. The van der Waals surface area contributed by atoms with E-state index in [2.05, 4.69) is 37.2 Å². The Morgan fingerprint density at radius 3 is 2.75 bits per heavy atom. The predicted molar refractivity (Wildman–Crippen MR) is 163 cm³/mol. The van der Waals surface area contributed by atoms with Gasteiger partial charge in [-0.3, -0.25) is 18.9 Å². The number of ether oxygens (including phenoxy) is 3. The molecule has 238 valence electrons. The highest BCUT2D eigenvalue weighted by atomic mass is 32.7. The number of nitrogen functional groups attached to an aromatic ring is 2. The monoisotopic (exact) mass is 689 g/mol. The lowest BCUT2D eigenvalue weighted by Crippen LogP contribution is -2.28. The molecule has 7 N–H and O–H groups in total. The number of nitrogens with two attached hydrogens (primary N) is 2. The molecule has 7 atom stereocenters. The summed E-state index contributed by atoms with van der Waals surface area (Å²) in [7, 11) is 0. The van der Waals surface area contributed by atoms with Crippen molar-refractivity contribution in [2.45, 2.75) is 50.0 Å². The highest BCUT2D eigenvalue weighted by molar-refractivity contribution is 8.44. The molecule has 2 aliphatic heterocycles. The number of anilines is 2. The minimum atomic E-state index is -4.13. The highest BCUT2D eigenvalue weighted by Gasteiger charge is 2.41. The molecule has 4 aromatic rings. The van der Waals surface area contributed by atoms with Crippen molar-refractivity contribution in [3.8, 4) is 0 Å². The van der Waals surface area contributed by atoms with E-state index in [4.69, 9.17) is 46.5 Å². The summed E-state index contributed by atoms with van der Waals surface area (Å²) < 4.78 is 43.9. The molecule has 0 aromatic carbocycles. The van der Waals surface area contributed by atoms with E-state index in [1.165, 1.54) is 12.7 Å². The van der Waals surface area contributed by atoms with Crippen molar-refractivity contribution in [2.24, 2.45) is 0 Å². The fourth-order valence-electron chi connectivity index (χ4n) is 5.23. The Morgan fingerprint density at radius 1 is 1.14 bits per heavy atom. The van der Waals surface area contributed by atoms with Crippen LogP contribution in [0.15, 0.2) is 29.7 Å². The van der Waals surface area contributed by atoms with Gasteiger partial charge in [0.05, 0.1) is 37.1 Å². The molecular weight excluding hydrogens is 660 g/mol. The maximum atomic E-state index is 12.1. The first-order valence-corrected chi connectivity index (χ1v) is 18.8. The van der Waals surface area contributed by atoms with E-state index >= 15 is 0 Å². The van der Waals surface area contributed by atoms with Gasteiger partial charge in [-0.05, 0) is 30.7 Å². The average molecular weight is 690 g/mol. The van der Waals surface area contributed by atoms with Gasteiger partial charge in [0.15, 0.2) is 11.2 Å². The number of fused-ring (bicyclic) bond motifs is 2. The Labute approximate surface area is 258 Å². The van der Waals surface area contributed by atoms with Crippen LogP contribution in [0, 0.1) is 0 Å². The van der Waals surface area contributed by atoms with Gasteiger partial charge in [0.25, 0.3) is 5.56 Å². The number of rotatable bonds is 11. The number of imidazole rings is 1. The maximum absolute atomic E-state index is 12.1. The third-order valence-electron chi connectivity index (χ3n) is 7.14. The molecule has 2 fully saturated rings. The molecular formula is C22H29N9O9P2S2. The SMILES string of the molecule is Nc1nc2c(ncn2[C@H]2CC[C@@H](COCP(O)(=S)O[C@H]3C[C@H](n4ccc5c(N)ncnc54)OC3COP(=O)(O)S)O2)c(=O)[nH]1. The minimum Gasteiger partial charge on any atom is -0.383 e. The summed E-state index contributed by atoms with van der Waals surface area (Å²) in [6.07, 6.45) is 2.55. The fourth-order valence-corrected chi connectivity index (χ4v) is 7.37. The molecule has 6 rings (SSSR count). The maximum Gasteiger partial charge on any atom is 0.383 e. The predicted octanol–water partition coefficient (Wildman–Crippen LogP) is 1.40. The molecule has 22 heteroatoms. The molecule has 44 heavy (non-hydrogen) atoms. The lowest BCUT2D eigenvalue weighted by atomic mass is 10.2.